The fraction of sp³-hybridized carbons (Fsp3) is 0.348. The Morgan fingerprint density at radius 1 is 1.19 bits per heavy atom. The van der Waals surface area contributed by atoms with E-state index in [1.807, 2.05) is 18.2 Å². The third-order valence-corrected chi connectivity index (χ3v) is 5.82. The first kappa shape index (κ1) is 21.5. The zero-order valence-corrected chi connectivity index (χ0v) is 18.1. The molecule has 1 fully saturated rings. The number of nitrogens with zero attached hydrogens (tertiary/aromatic N) is 4. The molecule has 0 bridgehead atoms. The summed E-state index contributed by atoms with van der Waals surface area (Å²) in [4.78, 5) is 32.7. The van der Waals surface area contributed by atoms with Crippen LogP contribution in [0.3, 0.4) is 0 Å². The quantitative estimate of drug-likeness (QED) is 0.632. The molecular weight excluding hydrogens is 410 g/mol. The Kier molecular flexibility index (Phi) is 6.16. The summed E-state index contributed by atoms with van der Waals surface area (Å²) in [6.07, 6.45) is 2.97. The number of carbonyl (C=O) groups excluding carboxylic acids is 2. The monoisotopic (exact) mass is 435 g/mol. The summed E-state index contributed by atoms with van der Waals surface area (Å²) < 4.78 is 10.6. The van der Waals surface area contributed by atoms with E-state index in [1.54, 1.807) is 49.3 Å². The van der Waals surface area contributed by atoms with Gasteiger partial charge >= 0.3 is 0 Å². The van der Waals surface area contributed by atoms with Crippen LogP contribution in [-0.2, 0) is 16.8 Å². The van der Waals surface area contributed by atoms with Gasteiger partial charge in [0.05, 0.1) is 11.3 Å². The van der Waals surface area contributed by atoms with Crippen LogP contribution in [0.25, 0.3) is 0 Å². The maximum atomic E-state index is 13.5. The molecule has 1 atom stereocenters. The molecule has 0 aliphatic carbocycles. The topological polar surface area (TPSA) is 110 Å². The molecule has 2 aromatic heterocycles. The Bertz CT molecular complexity index is 1100. The van der Waals surface area contributed by atoms with Gasteiger partial charge in [0.1, 0.15) is 29.2 Å². The van der Waals surface area contributed by atoms with Gasteiger partial charge in [-0.1, -0.05) is 28.5 Å². The second-order valence-electron chi connectivity index (χ2n) is 7.79. The molecule has 1 aromatic carbocycles. The first-order valence-electron chi connectivity index (χ1n) is 10.5. The van der Waals surface area contributed by atoms with E-state index in [1.165, 1.54) is 0 Å². The minimum atomic E-state index is -0.900. The highest BCUT2D eigenvalue weighted by atomic mass is 16.6. The number of benzene rings is 1. The van der Waals surface area contributed by atoms with Crippen molar-refractivity contribution in [2.75, 3.05) is 20.1 Å². The maximum Gasteiger partial charge on any atom is 0.257 e. The van der Waals surface area contributed by atoms with E-state index in [0.29, 0.717) is 47.8 Å². The Balaban J connectivity index is 1.59. The minimum absolute atomic E-state index is 0.135. The number of ether oxygens (including phenoxy) is 1. The van der Waals surface area contributed by atoms with E-state index in [2.05, 4.69) is 20.6 Å². The lowest BCUT2D eigenvalue weighted by Gasteiger charge is -2.41. The molecule has 0 radical (unpaired) electrons. The smallest absolute Gasteiger partial charge is 0.257 e. The molecule has 2 amide bonds. The van der Waals surface area contributed by atoms with Crippen LogP contribution in [0.5, 0.6) is 5.75 Å². The van der Waals surface area contributed by atoms with Crippen LogP contribution >= 0.6 is 0 Å². The normalized spacial score (nSPS) is 18.2. The van der Waals surface area contributed by atoms with Gasteiger partial charge in [-0.2, -0.15) is 0 Å². The SMILES string of the molecule is CNC(=O)[C@]1(c2ccccn2)CCCN(C(=O)c2ccccc2OCc2nonc2C)C1. The van der Waals surface area contributed by atoms with Crippen LogP contribution in [0.2, 0.25) is 0 Å². The highest BCUT2D eigenvalue weighted by Crippen LogP contribution is 2.34. The maximum absolute atomic E-state index is 13.5. The highest BCUT2D eigenvalue weighted by Gasteiger charge is 2.45. The minimum Gasteiger partial charge on any atom is -0.486 e. The average Bonchev–Trinajstić information content (AvgIpc) is 3.27. The number of amides is 2. The van der Waals surface area contributed by atoms with E-state index in [0.717, 1.165) is 0 Å². The fourth-order valence-corrected chi connectivity index (χ4v) is 4.09. The molecule has 1 N–H and O–H groups in total. The van der Waals surface area contributed by atoms with Gasteiger partial charge in [-0.25, -0.2) is 4.63 Å². The number of aryl methyl sites for hydroxylation is 1. The Labute approximate surface area is 185 Å². The number of piperidine rings is 1. The van der Waals surface area contributed by atoms with Crippen LogP contribution in [0, 0.1) is 6.92 Å². The summed E-state index contributed by atoms with van der Waals surface area (Å²) in [5.41, 5.74) is 1.39. The summed E-state index contributed by atoms with van der Waals surface area (Å²) >= 11 is 0. The Morgan fingerprint density at radius 2 is 2.00 bits per heavy atom. The molecule has 4 rings (SSSR count). The Morgan fingerprint density at radius 3 is 2.72 bits per heavy atom. The van der Waals surface area contributed by atoms with Crippen LogP contribution in [-0.4, -0.2) is 52.1 Å². The molecule has 1 aliphatic heterocycles. The van der Waals surface area contributed by atoms with E-state index >= 15 is 0 Å². The Hall–Kier alpha value is -3.75. The first-order chi connectivity index (χ1) is 15.5. The summed E-state index contributed by atoms with van der Waals surface area (Å²) in [6, 6.07) is 12.6. The second-order valence-corrected chi connectivity index (χ2v) is 7.79. The number of likely N-dealkylation sites (tertiary alicyclic amines) is 1. The van der Waals surface area contributed by atoms with Crippen molar-refractivity contribution in [1.29, 1.82) is 0 Å². The van der Waals surface area contributed by atoms with Gasteiger partial charge in [0, 0.05) is 26.3 Å². The largest absolute Gasteiger partial charge is 0.486 e. The lowest BCUT2D eigenvalue weighted by atomic mass is 9.75. The van der Waals surface area contributed by atoms with E-state index in [4.69, 9.17) is 9.37 Å². The lowest BCUT2D eigenvalue weighted by molar-refractivity contribution is -0.128. The number of aromatic nitrogens is 3. The molecule has 1 aliphatic rings. The first-order valence-corrected chi connectivity index (χ1v) is 10.5. The average molecular weight is 435 g/mol. The van der Waals surface area contributed by atoms with Crippen LogP contribution in [0.15, 0.2) is 53.3 Å². The van der Waals surface area contributed by atoms with Gasteiger partial charge in [0.2, 0.25) is 5.91 Å². The van der Waals surface area contributed by atoms with Gasteiger partial charge < -0.3 is 15.0 Å². The number of carbonyl (C=O) groups is 2. The van der Waals surface area contributed by atoms with Crippen LogP contribution in [0.1, 0.15) is 40.3 Å². The summed E-state index contributed by atoms with van der Waals surface area (Å²) in [5, 5.41) is 10.3. The predicted octanol–water partition coefficient (Wildman–Crippen LogP) is 2.27. The summed E-state index contributed by atoms with van der Waals surface area (Å²) in [6.45, 7) is 2.69. The standard InChI is InChI=1S/C23H25N5O4/c1-16-18(27-32-26-16)14-31-19-9-4-3-8-17(19)21(29)28-13-7-11-23(15-28,22(30)24-2)20-10-5-6-12-25-20/h3-6,8-10,12H,7,11,13-15H2,1-2H3,(H,24,30)/t23-/m1/s1. The van der Waals surface area contributed by atoms with Crippen molar-refractivity contribution in [3.05, 3.63) is 71.3 Å². The zero-order chi connectivity index (χ0) is 22.6. The van der Waals surface area contributed by atoms with Crippen molar-refractivity contribution >= 4 is 11.8 Å². The predicted molar refractivity (Wildman–Crippen MR) is 115 cm³/mol. The number of pyridine rings is 1. The van der Waals surface area contributed by atoms with Gasteiger partial charge in [0.25, 0.3) is 5.91 Å². The molecule has 0 spiro atoms. The molecule has 0 unspecified atom stereocenters. The van der Waals surface area contributed by atoms with Crippen molar-refractivity contribution in [2.24, 2.45) is 0 Å². The third-order valence-electron chi connectivity index (χ3n) is 5.82. The van der Waals surface area contributed by atoms with Crippen molar-refractivity contribution in [1.82, 2.24) is 25.5 Å². The number of likely N-dealkylation sites (N-methyl/N-ethyl adjacent to an activating group) is 1. The van der Waals surface area contributed by atoms with Crippen molar-refractivity contribution < 1.29 is 19.0 Å². The molecule has 32 heavy (non-hydrogen) atoms. The van der Waals surface area contributed by atoms with Gasteiger partial charge in [-0.3, -0.25) is 14.6 Å². The molecule has 0 saturated carbocycles. The van der Waals surface area contributed by atoms with Crippen molar-refractivity contribution in [3.8, 4) is 5.75 Å². The number of hydrogen-bond donors (Lipinski definition) is 1. The molecule has 9 heteroatoms. The molecule has 3 heterocycles. The molecular formula is C23H25N5O4. The van der Waals surface area contributed by atoms with E-state index < -0.39 is 5.41 Å². The fourth-order valence-electron chi connectivity index (χ4n) is 4.09. The number of para-hydroxylation sites is 1. The lowest BCUT2D eigenvalue weighted by Crippen LogP contribution is -2.56. The van der Waals surface area contributed by atoms with E-state index in [-0.39, 0.29) is 25.0 Å². The van der Waals surface area contributed by atoms with Crippen LogP contribution < -0.4 is 10.1 Å². The van der Waals surface area contributed by atoms with Gasteiger partial charge in [-0.05, 0) is 44.0 Å². The third kappa shape index (κ3) is 4.05. The second kappa shape index (κ2) is 9.17. The van der Waals surface area contributed by atoms with E-state index in [9.17, 15) is 9.59 Å². The number of rotatable bonds is 6. The number of hydrogen-bond acceptors (Lipinski definition) is 7. The van der Waals surface area contributed by atoms with Gasteiger partial charge in [-0.15, -0.1) is 0 Å². The van der Waals surface area contributed by atoms with Crippen molar-refractivity contribution in [2.45, 2.75) is 31.8 Å². The highest BCUT2D eigenvalue weighted by molar-refractivity contribution is 5.98. The summed E-state index contributed by atoms with van der Waals surface area (Å²) in [7, 11) is 1.61. The van der Waals surface area contributed by atoms with Crippen LogP contribution in [0.4, 0.5) is 0 Å². The molecule has 9 nitrogen and oxygen atoms in total. The van der Waals surface area contributed by atoms with Crippen molar-refractivity contribution in [3.63, 3.8) is 0 Å². The molecule has 166 valence electrons. The number of nitrogens with one attached hydrogen (secondary N) is 1. The zero-order valence-electron chi connectivity index (χ0n) is 18.1. The molecule has 3 aromatic rings. The molecule has 1 saturated heterocycles. The summed E-state index contributed by atoms with van der Waals surface area (Å²) in [5.74, 6) is 0.0978. The van der Waals surface area contributed by atoms with Gasteiger partial charge in [0.15, 0.2) is 0 Å².